The number of fused-ring (bicyclic) bond motifs is 1. The fourth-order valence-electron chi connectivity index (χ4n) is 4.11. The van der Waals surface area contributed by atoms with Gasteiger partial charge in [0.1, 0.15) is 6.04 Å². The molecule has 0 spiro atoms. The molecule has 4 rings (SSSR count). The van der Waals surface area contributed by atoms with Crippen LogP contribution in [0.15, 0.2) is 18.2 Å². The molecule has 0 aliphatic carbocycles. The van der Waals surface area contributed by atoms with E-state index in [-0.39, 0.29) is 50.8 Å². The summed E-state index contributed by atoms with van der Waals surface area (Å²) < 4.78 is 28.3. The van der Waals surface area contributed by atoms with Crippen LogP contribution in [-0.2, 0) is 22.7 Å². The molecular formula is C19H22F2N4O3. The molecule has 7 nitrogen and oxygen atoms in total. The quantitative estimate of drug-likeness (QED) is 0.651. The first-order chi connectivity index (χ1) is 13.2. The second kappa shape index (κ2) is 6.59. The van der Waals surface area contributed by atoms with Gasteiger partial charge in [-0.2, -0.15) is 0 Å². The maximum atomic E-state index is 14.2. The van der Waals surface area contributed by atoms with Crippen LogP contribution in [0.2, 0.25) is 0 Å². The van der Waals surface area contributed by atoms with E-state index in [0.717, 1.165) is 5.56 Å². The smallest absolute Gasteiger partial charge is 0.279 e. The van der Waals surface area contributed by atoms with Crippen LogP contribution in [0.3, 0.4) is 0 Å². The summed E-state index contributed by atoms with van der Waals surface area (Å²) in [7, 11) is 0. The van der Waals surface area contributed by atoms with Crippen molar-refractivity contribution < 1.29 is 23.2 Å². The van der Waals surface area contributed by atoms with Gasteiger partial charge in [0.05, 0.1) is 12.1 Å². The maximum absolute atomic E-state index is 14.2. The Morgan fingerprint density at radius 1 is 1.25 bits per heavy atom. The fourth-order valence-corrected chi connectivity index (χ4v) is 4.11. The van der Waals surface area contributed by atoms with E-state index in [1.165, 1.54) is 11.8 Å². The zero-order valence-corrected chi connectivity index (χ0v) is 15.5. The van der Waals surface area contributed by atoms with Crippen LogP contribution in [-0.4, -0.2) is 53.2 Å². The molecule has 28 heavy (non-hydrogen) atoms. The van der Waals surface area contributed by atoms with Crippen molar-refractivity contribution in [1.29, 1.82) is 0 Å². The number of halogens is 2. The van der Waals surface area contributed by atoms with Gasteiger partial charge in [-0.25, -0.2) is 8.78 Å². The van der Waals surface area contributed by atoms with Gasteiger partial charge in [-0.3, -0.25) is 19.7 Å². The highest BCUT2D eigenvalue weighted by atomic mass is 19.3. The van der Waals surface area contributed by atoms with E-state index >= 15 is 0 Å². The standard InChI is InChI=1S/C19H22F2N4O3/c1-18(9-22-10-19(18,20)21)23-7-11-3-2-4-12-8-25(17(28)15(11)12)13-5-6-14(26)24-16(13)27/h2-4,13,22-23H,5-10H2,1H3,(H,24,26,27). The molecule has 1 aromatic carbocycles. The van der Waals surface area contributed by atoms with Crippen LogP contribution in [0.5, 0.6) is 0 Å². The van der Waals surface area contributed by atoms with Crippen molar-refractivity contribution in [3.05, 3.63) is 34.9 Å². The molecule has 150 valence electrons. The van der Waals surface area contributed by atoms with Crippen LogP contribution >= 0.6 is 0 Å². The van der Waals surface area contributed by atoms with Crippen molar-refractivity contribution in [1.82, 2.24) is 20.9 Å². The Morgan fingerprint density at radius 3 is 2.71 bits per heavy atom. The molecular weight excluding hydrogens is 370 g/mol. The summed E-state index contributed by atoms with van der Waals surface area (Å²) in [5.74, 6) is -4.01. The third-order valence-electron chi connectivity index (χ3n) is 5.94. The number of hydrogen-bond donors (Lipinski definition) is 3. The molecule has 2 fully saturated rings. The van der Waals surface area contributed by atoms with Gasteiger partial charge < -0.3 is 15.5 Å². The van der Waals surface area contributed by atoms with E-state index in [0.29, 0.717) is 11.1 Å². The average molecular weight is 392 g/mol. The lowest BCUT2D eigenvalue weighted by molar-refractivity contribution is -0.136. The summed E-state index contributed by atoms with van der Waals surface area (Å²) >= 11 is 0. The lowest BCUT2D eigenvalue weighted by Crippen LogP contribution is -2.55. The van der Waals surface area contributed by atoms with Gasteiger partial charge in [-0.1, -0.05) is 18.2 Å². The first kappa shape index (κ1) is 18.9. The molecule has 0 radical (unpaired) electrons. The normalized spacial score (nSPS) is 29.2. The summed E-state index contributed by atoms with van der Waals surface area (Å²) in [5, 5.41) is 7.89. The molecule has 0 bridgehead atoms. The van der Waals surface area contributed by atoms with Crippen molar-refractivity contribution >= 4 is 17.7 Å². The predicted molar refractivity (Wildman–Crippen MR) is 95.5 cm³/mol. The summed E-state index contributed by atoms with van der Waals surface area (Å²) in [6.07, 6.45) is 0.472. The SMILES string of the molecule is CC1(NCc2cccc3c2C(=O)N(C2CCC(=O)NC2=O)C3)CNCC1(F)F. The second-order valence-electron chi connectivity index (χ2n) is 7.84. The second-order valence-corrected chi connectivity index (χ2v) is 7.84. The number of benzene rings is 1. The lowest BCUT2D eigenvalue weighted by atomic mass is 9.96. The van der Waals surface area contributed by atoms with Gasteiger partial charge >= 0.3 is 0 Å². The number of piperidine rings is 1. The number of carbonyl (C=O) groups excluding carboxylic acids is 3. The zero-order chi connectivity index (χ0) is 20.1. The molecule has 9 heteroatoms. The third-order valence-corrected chi connectivity index (χ3v) is 5.94. The Kier molecular flexibility index (Phi) is 4.46. The van der Waals surface area contributed by atoms with E-state index in [2.05, 4.69) is 16.0 Å². The fraction of sp³-hybridized carbons (Fsp3) is 0.526. The Labute approximate surface area is 160 Å². The molecule has 1 aromatic rings. The molecule has 3 N–H and O–H groups in total. The van der Waals surface area contributed by atoms with Gasteiger partial charge in [-0.15, -0.1) is 0 Å². The number of rotatable bonds is 4. The highest BCUT2D eigenvalue weighted by Crippen LogP contribution is 2.33. The number of amides is 3. The maximum Gasteiger partial charge on any atom is 0.279 e. The van der Waals surface area contributed by atoms with E-state index < -0.39 is 23.4 Å². The molecule has 3 heterocycles. The number of hydrogen-bond acceptors (Lipinski definition) is 5. The first-order valence-electron chi connectivity index (χ1n) is 9.31. The number of imide groups is 1. The largest absolute Gasteiger partial charge is 0.322 e. The first-order valence-corrected chi connectivity index (χ1v) is 9.31. The molecule has 2 atom stereocenters. The van der Waals surface area contributed by atoms with Crippen molar-refractivity contribution in [2.24, 2.45) is 0 Å². The van der Waals surface area contributed by atoms with E-state index in [4.69, 9.17) is 0 Å². The minimum Gasteiger partial charge on any atom is -0.322 e. The average Bonchev–Trinajstić information content (AvgIpc) is 3.10. The summed E-state index contributed by atoms with van der Waals surface area (Å²) in [5.41, 5.74) is 0.440. The molecule has 0 aromatic heterocycles. The third kappa shape index (κ3) is 2.98. The van der Waals surface area contributed by atoms with E-state index in [1.807, 2.05) is 0 Å². The number of carbonyl (C=O) groups is 3. The van der Waals surface area contributed by atoms with Gasteiger partial charge in [-0.05, 0) is 24.5 Å². The topological polar surface area (TPSA) is 90.5 Å². The Balaban J connectivity index is 1.54. The minimum atomic E-state index is -2.90. The van der Waals surface area contributed by atoms with Gasteiger partial charge in [0, 0.05) is 31.6 Å². The molecule has 2 saturated heterocycles. The summed E-state index contributed by atoms with van der Waals surface area (Å²) in [4.78, 5) is 38.0. The summed E-state index contributed by atoms with van der Waals surface area (Å²) in [6.45, 7) is 1.60. The van der Waals surface area contributed by atoms with Crippen molar-refractivity contribution in [3.8, 4) is 0 Å². The molecule has 2 unspecified atom stereocenters. The van der Waals surface area contributed by atoms with Gasteiger partial charge in [0.15, 0.2) is 0 Å². The Hall–Kier alpha value is -2.39. The highest BCUT2D eigenvalue weighted by molar-refractivity contribution is 6.05. The van der Waals surface area contributed by atoms with E-state index in [9.17, 15) is 23.2 Å². The molecule has 3 aliphatic rings. The molecule has 3 amide bonds. The van der Waals surface area contributed by atoms with Crippen LogP contribution in [0.4, 0.5) is 8.78 Å². The number of alkyl halides is 2. The van der Waals surface area contributed by atoms with Crippen LogP contribution in [0.1, 0.15) is 41.3 Å². The Morgan fingerprint density at radius 2 is 2.04 bits per heavy atom. The predicted octanol–water partition coefficient (Wildman–Crippen LogP) is 0.534. The van der Waals surface area contributed by atoms with Crippen molar-refractivity contribution in [2.75, 3.05) is 13.1 Å². The Bertz CT molecular complexity index is 860. The zero-order valence-electron chi connectivity index (χ0n) is 15.5. The molecule has 3 aliphatic heterocycles. The van der Waals surface area contributed by atoms with Crippen LogP contribution < -0.4 is 16.0 Å². The van der Waals surface area contributed by atoms with Crippen molar-refractivity contribution in [3.63, 3.8) is 0 Å². The monoisotopic (exact) mass is 392 g/mol. The van der Waals surface area contributed by atoms with Gasteiger partial charge in [0.25, 0.3) is 11.8 Å². The van der Waals surface area contributed by atoms with Crippen LogP contribution in [0.25, 0.3) is 0 Å². The number of nitrogens with zero attached hydrogens (tertiary/aromatic N) is 1. The van der Waals surface area contributed by atoms with E-state index in [1.54, 1.807) is 18.2 Å². The minimum absolute atomic E-state index is 0.117. The van der Waals surface area contributed by atoms with Crippen molar-refractivity contribution in [2.45, 2.75) is 50.4 Å². The highest BCUT2D eigenvalue weighted by Gasteiger charge is 2.53. The van der Waals surface area contributed by atoms with Crippen LogP contribution in [0, 0.1) is 0 Å². The summed E-state index contributed by atoms with van der Waals surface area (Å²) in [6, 6.07) is 4.63. The molecule has 0 saturated carbocycles. The van der Waals surface area contributed by atoms with Gasteiger partial charge in [0.2, 0.25) is 11.8 Å². The lowest BCUT2D eigenvalue weighted by Gasteiger charge is -2.31. The number of nitrogens with one attached hydrogen (secondary N) is 3.